The normalized spacial score (nSPS) is 24.2. The lowest BCUT2D eigenvalue weighted by molar-refractivity contribution is -0.133. The summed E-state index contributed by atoms with van der Waals surface area (Å²) in [4.78, 5) is 12.6. The molecule has 1 aromatic carbocycles. The monoisotopic (exact) mass is 442 g/mol. The Bertz CT molecular complexity index is 880. The number of aryl methyl sites for hydroxylation is 1. The van der Waals surface area contributed by atoms with Crippen LogP contribution in [-0.4, -0.2) is 58.0 Å². The second kappa shape index (κ2) is 10.9. The van der Waals surface area contributed by atoms with Gasteiger partial charge >= 0.3 is 0 Å². The molecule has 1 aliphatic heterocycles. The van der Waals surface area contributed by atoms with Crippen molar-refractivity contribution in [1.29, 1.82) is 0 Å². The minimum Gasteiger partial charge on any atom is -0.496 e. The van der Waals surface area contributed by atoms with Gasteiger partial charge in [-0.15, -0.1) is 5.10 Å². The highest BCUT2D eigenvalue weighted by Gasteiger charge is 2.33. The molecule has 4 rings (SSSR count). The molecule has 2 fully saturated rings. The summed E-state index contributed by atoms with van der Waals surface area (Å²) in [6.45, 7) is 0.581. The molecule has 1 aromatic heterocycles. The van der Waals surface area contributed by atoms with Crippen molar-refractivity contribution in [3.63, 3.8) is 0 Å². The smallest absolute Gasteiger partial charge is 0.223 e. The maximum Gasteiger partial charge on any atom is 0.223 e. The maximum absolute atomic E-state index is 12.6. The number of aromatic nitrogens is 3. The SMILES string of the molecule is COc1ccccc1-c1cn(CC[C@H]2CC[C@@H](NC(=O)C3CCCCC3)[C@H](CO)O2)nn1. The summed E-state index contributed by atoms with van der Waals surface area (Å²) >= 11 is 0. The largest absolute Gasteiger partial charge is 0.496 e. The van der Waals surface area contributed by atoms with Crippen molar-refractivity contribution in [3.05, 3.63) is 30.5 Å². The number of aliphatic hydroxyl groups is 1. The van der Waals surface area contributed by atoms with E-state index >= 15 is 0 Å². The van der Waals surface area contributed by atoms with Crippen molar-refractivity contribution in [2.75, 3.05) is 13.7 Å². The molecular formula is C24H34N4O4. The quantitative estimate of drug-likeness (QED) is 0.652. The van der Waals surface area contributed by atoms with E-state index in [1.165, 1.54) is 6.42 Å². The second-order valence-corrected chi connectivity index (χ2v) is 8.86. The summed E-state index contributed by atoms with van der Waals surface area (Å²) in [5.41, 5.74) is 1.68. The van der Waals surface area contributed by atoms with E-state index < -0.39 is 0 Å². The summed E-state index contributed by atoms with van der Waals surface area (Å²) in [6.07, 6.45) is 9.45. The molecule has 1 saturated heterocycles. The number of nitrogens with zero attached hydrogens (tertiary/aromatic N) is 3. The first-order valence-corrected chi connectivity index (χ1v) is 11.8. The lowest BCUT2D eigenvalue weighted by Crippen LogP contribution is -2.52. The van der Waals surface area contributed by atoms with Crippen LogP contribution in [0.5, 0.6) is 5.75 Å². The first kappa shape index (κ1) is 22.7. The minimum atomic E-state index is -0.360. The minimum absolute atomic E-state index is 0.0221. The van der Waals surface area contributed by atoms with Crippen LogP contribution in [0, 0.1) is 5.92 Å². The van der Waals surface area contributed by atoms with Crippen LogP contribution in [0.1, 0.15) is 51.4 Å². The maximum atomic E-state index is 12.6. The molecule has 0 unspecified atom stereocenters. The molecule has 1 aliphatic carbocycles. The zero-order chi connectivity index (χ0) is 22.3. The van der Waals surface area contributed by atoms with Crippen LogP contribution < -0.4 is 10.1 Å². The third-order valence-electron chi connectivity index (χ3n) is 6.70. The summed E-state index contributed by atoms with van der Waals surface area (Å²) < 4.78 is 13.4. The fourth-order valence-corrected chi connectivity index (χ4v) is 4.84. The molecule has 0 radical (unpaired) electrons. The zero-order valence-corrected chi connectivity index (χ0v) is 18.8. The van der Waals surface area contributed by atoms with Crippen molar-refractivity contribution in [3.8, 4) is 17.0 Å². The number of methoxy groups -OCH3 is 1. The van der Waals surface area contributed by atoms with Gasteiger partial charge in [0.25, 0.3) is 0 Å². The van der Waals surface area contributed by atoms with Crippen molar-refractivity contribution in [1.82, 2.24) is 20.3 Å². The fraction of sp³-hybridized carbons (Fsp3) is 0.625. The standard InChI is InChI=1S/C24H34N4O4/c1-31-22-10-6-5-9-19(22)21-15-28(27-26-21)14-13-18-11-12-20(23(16-29)32-18)25-24(30)17-7-3-2-4-8-17/h5-6,9-10,15,17-18,20,23,29H,2-4,7-8,11-14,16H2,1H3,(H,25,30)/t18-,20-,23+/m1/s1. The predicted octanol–water partition coefficient (Wildman–Crippen LogP) is 2.95. The number of aliphatic hydroxyl groups excluding tert-OH is 1. The highest BCUT2D eigenvalue weighted by molar-refractivity contribution is 5.79. The van der Waals surface area contributed by atoms with E-state index in [-0.39, 0.29) is 36.7 Å². The number of rotatable bonds is 8. The van der Waals surface area contributed by atoms with E-state index in [2.05, 4.69) is 15.6 Å². The zero-order valence-electron chi connectivity index (χ0n) is 18.8. The molecule has 2 aliphatic rings. The Hall–Kier alpha value is -2.45. The molecule has 174 valence electrons. The van der Waals surface area contributed by atoms with Crippen LogP contribution in [0.25, 0.3) is 11.3 Å². The molecule has 8 heteroatoms. The van der Waals surface area contributed by atoms with Gasteiger partial charge in [-0.1, -0.05) is 36.6 Å². The summed E-state index contributed by atoms with van der Waals surface area (Å²) in [5, 5.41) is 21.5. The Kier molecular flexibility index (Phi) is 7.76. The van der Waals surface area contributed by atoms with Crippen LogP contribution in [0.2, 0.25) is 0 Å². The number of hydrogen-bond acceptors (Lipinski definition) is 6. The molecular weight excluding hydrogens is 408 g/mol. The summed E-state index contributed by atoms with van der Waals surface area (Å²) in [5.74, 6) is 1.01. The van der Waals surface area contributed by atoms with Crippen LogP contribution >= 0.6 is 0 Å². The Morgan fingerprint density at radius 3 is 2.81 bits per heavy atom. The average molecular weight is 443 g/mol. The molecule has 2 aromatic rings. The number of hydrogen-bond donors (Lipinski definition) is 2. The van der Waals surface area contributed by atoms with E-state index in [0.717, 1.165) is 62.0 Å². The van der Waals surface area contributed by atoms with E-state index in [0.29, 0.717) is 6.54 Å². The molecule has 32 heavy (non-hydrogen) atoms. The molecule has 3 atom stereocenters. The number of benzene rings is 1. The van der Waals surface area contributed by atoms with Gasteiger partial charge < -0.3 is 19.9 Å². The van der Waals surface area contributed by atoms with E-state index in [1.54, 1.807) is 7.11 Å². The first-order chi connectivity index (χ1) is 15.7. The second-order valence-electron chi connectivity index (χ2n) is 8.86. The first-order valence-electron chi connectivity index (χ1n) is 11.8. The lowest BCUT2D eigenvalue weighted by Gasteiger charge is -2.37. The summed E-state index contributed by atoms with van der Waals surface area (Å²) in [6, 6.07) is 7.63. The number of nitrogens with one attached hydrogen (secondary N) is 1. The Labute approximate surface area is 189 Å². The Balaban J connectivity index is 1.28. The molecule has 8 nitrogen and oxygen atoms in total. The van der Waals surface area contributed by atoms with Gasteiger partial charge in [0.05, 0.1) is 32.1 Å². The Morgan fingerprint density at radius 2 is 2.03 bits per heavy atom. The van der Waals surface area contributed by atoms with Crippen LogP contribution in [0.15, 0.2) is 30.5 Å². The number of carbonyl (C=O) groups is 1. The van der Waals surface area contributed by atoms with Crippen molar-refractivity contribution < 1.29 is 19.4 Å². The van der Waals surface area contributed by atoms with E-state index in [4.69, 9.17) is 9.47 Å². The van der Waals surface area contributed by atoms with Gasteiger partial charge in [-0.25, -0.2) is 0 Å². The van der Waals surface area contributed by atoms with Crippen molar-refractivity contribution >= 4 is 5.91 Å². The van der Waals surface area contributed by atoms with E-state index in [1.807, 2.05) is 35.1 Å². The molecule has 1 amide bonds. The molecule has 0 spiro atoms. The van der Waals surface area contributed by atoms with Crippen LogP contribution in [0.4, 0.5) is 0 Å². The van der Waals surface area contributed by atoms with Gasteiger partial charge in [-0.3, -0.25) is 9.48 Å². The highest BCUT2D eigenvalue weighted by atomic mass is 16.5. The lowest BCUT2D eigenvalue weighted by atomic mass is 9.88. The number of para-hydroxylation sites is 1. The van der Waals surface area contributed by atoms with Gasteiger partial charge in [-0.2, -0.15) is 0 Å². The predicted molar refractivity (Wildman–Crippen MR) is 120 cm³/mol. The summed E-state index contributed by atoms with van der Waals surface area (Å²) in [7, 11) is 1.64. The molecule has 0 bridgehead atoms. The number of amides is 1. The molecule has 2 N–H and O–H groups in total. The van der Waals surface area contributed by atoms with Gasteiger partial charge in [0.15, 0.2) is 0 Å². The topological polar surface area (TPSA) is 98.5 Å². The van der Waals surface area contributed by atoms with Gasteiger partial charge in [0.2, 0.25) is 5.91 Å². The Morgan fingerprint density at radius 1 is 1.22 bits per heavy atom. The van der Waals surface area contributed by atoms with Crippen molar-refractivity contribution in [2.24, 2.45) is 5.92 Å². The van der Waals surface area contributed by atoms with Gasteiger partial charge in [0, 0.05) is 18.0 Å². The van der Waals surface area contributed by atoms with Gasteiger partial charge in [0.1, 0.15) is 17.5 Å². The fourth-order valence-electron chi connectivity index (χ4n) is 4.84. The highest BCUT2D eigenvalue weighted by Crippen LogP contribution is 2.28. The third-order valence-corrected chi connectivity index (χ3v) is 6.70. The molecule has 2 heterocycles. The number of ether oxygens (including phenoxy) is 2. The van der Waals surface area contributed by atoms with Crippen molar-refractivity contribution in [2.45, 2.75) is 76.2 Å². The van der Waals surface area contributed by atoms with Gasteiger partial charge in [-0.05, 0) is 44.2 Å². The van der Waals surface area contributed by atoms with E-state index in [9.17, 15) is 9.90 Å². The average Bonchev–Trinajstić information content (AvgIpc) is 3.32. The van der Waals surface area contributed by atoms with Crippen LogP contribution in [0.3, 0.4) is 0 Å². The third kappa shape index (κ3) is 5.48. The molecule has 1 saturated carbocycles. The number of carbonyl (C=O) groups excluding carboxylic acids is 1. The van der Waals surface area contributed by atoms with Crippen LogP contribution in [-0.2, 0) is 16.1 Å².